The maximum Gasteiger partial charge on any atom is 0.573 e. The largest absolute Gasteiger partial charge is 0.573 e. The number of halogens is 3. The number of hydrogen-bond acceptors (Lipinski definition) is 7. The fourth-order valence-electron chi connectivity index (χ4n) is 4.65. The maximum absolute atomic E-state index is 12.5. The quantitative estimate of drug-likeness (QED) is 0.337. The molecule has 1 aliphatic heterocycles. The van der Waals surface area contributed by atoms with E-state index in [0.717, 1.165) is 22.5 Å². The minimum atomic E-state index is -4.70. The Morgan fingerprint density at radius 3 is 2.21 bits per heavy atom. The number of rotatable bonds is 5. The number of ether oxygens (including phenoxy) is 1. The molecule has 11 heteroatoms. The van der Waals surface area contributed by atoms with Gasteiger partial charge >= 0.3 is 6.36 Å². The second-order valence-electron chi connectivity index (χ2n) is 10.8. The van der Waals surface area contributed by atoms with Crippen molar-refractivity contribution in [2.75, 3.05) is 41.3 Å². The van der Waals surface area contributed by atoms with E-state index in [9.17, 15) is 13.2 Å². The van der Waals surface area contributed by atoms with Crippen LogP contribution < -0.4 is 19.9 Å². The standard InChI is InChI=1S/C28H32F3N7O/c1-18-6-7-19(27(2,3)4)16-22(18)33-25-23-24(32-17-36(23)5)34-26(35-25)38-14-12-37(13-15-38)20-8-10-21(11-9-20)39-28(29,30)31/h6-11,16-17H,12-15H2,1-5H3,(H,33,34,35). The second-order valence-corrected chi connectivity index (χ2v) is 10.8. The number of imidazole rings is 1. The molecule has 4 aromatic rings. The summed E-state index contributed by atoms with van der Waals surface area (Å²) in [5, 5.41) is 3.55. The van der Waals surface area contributed by atoms with Crippen molar-refractivity contribution in [3.63, 3.8) is 0 Å². The van der Waals surface area contributed by atoms with E-state index in [0.29, 0.717) is 43.6 Å². The summed E-state index contributed by atoms with van der Waals surface area (Å²) in [4.78, 5) is 18.4. The van der Waals surface area contributed by atoms with Crippen LogP contribution in [0.15, 0.2) is 48.8 Å². The average Bonchev–Trinajstić information content (AvgIpc) is 3.25. The summed E-state index contributed by atoms with van der Waals surface area (Å²) in [6, 6.07) is 12.4. The van der Waals surface area contributed by atoms with Gasteiger partial charge in [-0.05, 0) is 53.8 Å². The molecule has 1 saturated heterocycles. The molecular formula is C28H32F3N7O. The highest BCUT2D eigenvalue weighted by Crippen LogP contribution is 2.32. The van der Waals surface area contributed by atoms with Crippen molar-refractivity contribution in [3.05, 3.63) is 59.9 Å². The van der Waals surface area contributed by atoms with Crippen LogP contribution in [0.1, 0.15) is 31.9 Å². The number of benzene rings is 2. The van der Waals surface area contributed by atoms with Gasteiger partial charge in [-0.15, -0.1) is 13.2 Å². The van der Waals surface area contributed by atoms with Gasteiger partial charge in [-0.1, -0.05) is 32.9 Å². The topological polar surface area (TPSA) is 71.3 Å². The van der Waals surface area contributed by atoms with Gasteiger partial charge in [-0.3, -0.25) is 0 Å². The fraction of sp³-hybridized carbons (Fsp3) is 0.393. The van der Waals surface area contributed by atoms with Gasteiger partial charge in [-0.25, -0.2) is 4.98 Å². The van der Waals surface area contributed by atoms with Crippen LogP contribution in [0.4, 0.5) is 36.3 Å². The van der Waals surface area contributed by atoms with Gasteiger partial charge in [0.1, 0.15) is 11.3 Å². The minimum absolute atomic E-state index is 0.00810. The van der Waals surface area contributed by atoms with Crippen molar-refractivity contribution < 1.29 is 17.9 Å². The zero-order valence-corrected chi connectivity index (χ0v) is 22.7. The molecule has 0 amide bonds. The zero-order valence-electron chi connectivity index (χ0n) is 22.7. The number of nitrogens with one attached hydrogen (secondary N) is 1. The van der Waals surface area contributed by atoms with Crippen LogP contribution in [-0.4, -0.2) is 52.1 Å². The Balaban J connectivity index is 1.36. The Kier molecular flexibility index (Phi) is 6.77. The Morgan fingerprint density at radius 2 is 1.56 bits per heavy atom. The van der Waals surface area contributed by atoms with Gasteiger partial charge in [0.15, 0.2) is 11.5 Å². The van der Waals surface area contributed by atoms with E-state index >= 15 is 0 Å². The zero-order chi connectivity index (χ0) is 27.9. The van der Waals surface area contributed by atoms with Crippen LogP contribution in [0.5, 0.6) is 5.75 Å². The molecule has 2 aromatic carbocycles. The molecule has 2 aromatic heterocycles. The monoisotopic (exact) mass is 539 g/mol. The second kappa shape index (κ2) is 9.94. The van der Waals surface area contributed by atoms with Gasteiger partial charge in [-0.2, -0.15) is 9.97 Å². The van der Waals surface area contributed by atoms with E-state index in [1.807, 2.05) is 11.6 Å². The summed E-state index contributed by atoms with van der Waals surface area (Å²) in [6.45, 7) is 11.3. The van der Waals surface area contributed by atoms with Gasteiger partial charge < -0.3 is 24.4 Å². The average molecular weight is 540 g/mol. The van der Waals surface area contributed by atoms with Crippen LogP contribution >= 0.6 is 0 Å². The van der Waals surface area contributed by atoms with Crippen molar-refractivity contribution >= 4 is 34.3 Å². The van der Waals surface area contributed by atoms with Crippen LogP contribution in [0.2, 0.25) is 0 Å². The van der Waals surface area contributed by atoms with Gasteiger partial charge in [0.2, 0.25) is 5.95 Å². The molecule has 0 saturated carbocycles. The van der Waals surface area contributed by atoms with E-state index in [1.54, 1.807) is 18.5 Å². The number of aromatic nitrogens is 4. The SMILES string of the molecule is Cc1ccc(C(C)(C)C)cc1Nc1nc(N2CCN(c3ccc(OC(F)(F)F)cc3)CC2)nc2ncn(C)c12. The normalized spacial score (nSPS) is 14.7. The molecule has 1 fully saturated rings. The summed E-state index contributed by atoms with van der Waals surface area (Å²) in [7, 11) is 1.92. The van der Waals surface area contributed by atoms with Gasteiger partial charge in [0, 0.05) is 44.6 Å². The lowest BCUT2D eigenvalue weighted by Crippen LogP contribution is -2.47. The smallest absolute Gasteiger partial charge is 0.406 e. The third-order valence-corrected chi connectivity index (χ3v) is 6.91. The number of fused-ring (bicyclic) bond motifs is 1. The lowest BCUT2D eigenvalue weighted by Gasteiger charge is -2.36. The minimum Gasteiger partial charge on any atom is -0.406 e. The molecule has 0 unspecified atom stereocenters. The first-order valence-electron chi connectivity index (χ1n) is 12.8. The lowest BCUT2D eigenvalue weighted by molar-refractivity contribution is -0.274. The van der Waals surface area contributed by atoms with Crippen LogP contribution in [0.25, 0.3) is 11.2 Å². The van der Waals surface area contributed by atoms with Crippen molar-refractivity contribution in [1.29, 1.82) is 0 Å². The first-order valence-corrected chi connectivity index (χ1v) is 12.8. The summed E-state index contributed by atoms with van der Waals surface area (Å²) in [5.41, 5.74) is 5.59. The summed E-state index contributed by atoms with van der Waals surface area (Å²) in [5.74, 6) is 1.04. The van der Waals surface area contributed by atoms with Crippen LogP contribution in [-0.2, 0) is 12.5 Å². The molecule has 0 aliphatic carbocycles. The molecule has 0 radical (unpaired) electrons. The third-order valence-electron chi connectivity index (χ3n) is 6.91. The first kappa shape index (κ1) is 26.6. The fourth-order valence-corrected chi connectivity index (χ4v) is 4.65. The van der Waals surface area contributed by atoms with Crippen molar-refractivity contribution in [3.8, 4) is 5.75 Å². The van der Waals surface area contributed by atoms with E-state index < -0.39 is 6.36 Å². The summed E-state index contributed by atoms with van der Waals surface area (Å²) < 4.78 is 43.3. The highest BCUT2D eigenvalue weighted by molar-refractivity contribution is 5.87. The van der Waals surface area contributed by atoms with E-state index in [1.165, 1.54) is 17.7 Å². The van der Waals surface area contributed by atoms with Crippen molar-refractivity contribution in [2.24, 2.45) is 7.05 Å². The number of alkyl halides is 3. The Morgan fingerprint density at radius 1 is 0.897 bits per heavy atom. The molecule has 8 nitrogen and oxygen atoms in total. The number of aryl methyl sites for hydroxylation is 2. The Bertz CT molecular complexity index is 1470. The molecular weight excluding hydrogens is 507 g/mol. The van der Waals surface area contributed by atoms with Crippen molar-refractivity contribution in [2.45, 2.75) is 39.5 Å². The molecule has 206 valence electrons. The molecule has 3 heterocycles. The van der Waals surface area contributed by atoms with Crippen LogP contribution in [0.3, 0.4) is 0 Å². The Labute approximate surface area is 225 Å². The summed E-state index contributed by atoms with van der Waals surface area (Å²) >= 11 is 0. The molecule has 39 heavy (non-hydrogen) atoms. The number of nitrogens with zero attached hydrogens (tertiary/aromatic N) is 6. The highest BCUT2D eigenvalue weighted by Gasteiger charge is 2.31. The lowest BCUT2D eigenvalue weighted by atomic mass is 9.86. The maximum atomic E-state index is 12.5. The molecule has 1 aliphatic rings. The predicted octanol–water partition coefficient (Wildman–Crippen LogP) is 5.94. The number of hydrogen-bond donors (Lipinski definition) is 1. The van der Waals surface area contributed by atoms with E-state index in [4.69, 9.17) is 9.97 Å². The van der Waals surface area contributed by atoms with Crippen LogP contribution in [0, 0.1) is 6.92 Å². The van der Waals surface area contributed by atoms with Gasteiger partial charge in [0.25, 0.3) is 0 Å². The molecule has 5 rings (SSSR count). The molecule has 0 bridgehead atoms. The first-order chi connectivity index (χ1) is 18.4. The van der Waals surface area contributed by atoms with Crippen molar-refractivity contribution in [1.82, 2.24) is 19.5 Å². The van der Waals surface area contributed by atoms with E-state index in [2.05, 4.69) is 70.7 Å². The number of piperazine rings is 1. The predicted molar refractivity (Wildman–Crippen MR) is 147 cm³/mol. The third kappa shape index (κ3) is 5.86. The molecule has 1 N–H and O–H groups in total. The van der Waals surface area contributed by atoms with E-state index in [-0.39, 0.29) is 11.2 Å². The number of anilines is 4. The van der Waals surface area contributed by atoms with Gasteiger partial charge in [0.05, 0.1) is 6.33 Å². The highest BCUT2D eigenvalue weighted by atomic mass is 19.4. The molecule has 0 spiro atoms. The molecule has 0 atom stereocenters. The Hall–Kier alpha value is -4.02. The summed E-state index contributed by atoms with van der Waals surface area (Å²) in [6.07, 6.45) is -2.97.